The number of nitrogens with one attached hydrogen (secondary N) is 2. The highest BCUT2D eigenvalue weighted by molar-refractivity contribution is 5.85. The van der Waals surface area contributed by atoms with Crippen molar-refractivity contribution in [3.8, 4) is 0 Å². The van der Waals surface area contributed by atoms with Gasteiger partial charge in [0, 0.05) is 44.1 Å². The zero-order chi connectivity index (χ0) is 24.6. The number of piperazine rings is 1. The zero-order valence-corrected chi connectivity index (χ0v) is 18.8. The molecular weight excluding hydrogens is 461 g/mol. The fourth-order valence-corrected chi connectivity index (χ4v) is 4.18. The van der Waals surface area contributed by atoms with Gasteiger partial charge in [-0.05, 0) is 24.6 Å². The van der Waals surface area contributed by atoms with Crippen LogP contribution in [0.1, 0.15) is 17.2 Å². The Bertz CT molecular complexity index is 1330. The number of fused-ring (bicyclic) bond motifs is 1. The lowest BCUT2D eigenvalue weighted by atomic mass is 9.96. The Morgan fingerprint density at radius 2 is 1.83 bits per heavy atom. The molecule has 1 atom stereocenters. The van der Waals surface area contributed by atoms with E-state index >= 15 is 0 Å². The summed E-state index contributed by atoms with van der Waals surface area (Å²) in [6, 6.07) is 12.8. The molecule has 3 aromatic heterocycles. The van der Waals surface area contributed by atoms with Crippen LogP contribution in [-0.4, -0.2) is 68.0 Å². The predicted octanol–water partition coefficient (Wildman–Crippen LogP) is 3.50. The number of anilines is 3. The number of amides is 1. The smallest absolute Gasteiger partial charge is 0.338 e. The lowest BCUT2D eigenvalue weighted by molar-refractivity contribution is -0.172. The summed E-state index contributed by atoms with van der Waals surface area (Å²) in [7, 11) is 0. The van der Waals surface area contributed by atoms with Gasteiger partial charge in [-0.15, -0.1) is 5.10 Å². The summed E-state index contributed by atoms with van der Waals surface area (Å²) < 4.78 is 43.1. The Labute approximate surface area is 198 Å². The third kappa shape index (κ3) is 4.63. The van der Waals surface area contributed by atoms with Crippen molar-refractivity contribution in [3.05, 3.63) is 66.0 Å². The third-order valence-corrected chi connectivity index (χ3v) is 5.91. The summed E-state index contributed by atoms with van der Waals surface area (Å²) in [5, 5.41) is 14.8. The molecule has 4 aromatic rings. The third-order valence-electron chi connectivity index (χ3n) is 5.91. The van der Waals surface area contributed by atoms with Crippen LogP contribution in [0, 0.1) is 6.92 Å². The molecule has 0 spiro atoms. The monoisotopic (exact) mass is 484 g/mol. The van der Waals surface area contributed by atoms with Gasteiger partial charge in [-0.1, -0.05) is 30.3 Å². The fourth-order valence-electron chi connectivity index (χ4n) is 4.18. The van der Waals surface area contributed by atoms with Crippen LogP contribution >= 0.6 is 0 Å². The molecule has 1 aliphatic heterocycles. The molecular formula is C23H23F3N8O. The second-order valence-electron chi connectivity index (χ2n) is 8.36. The maximum Gasteiger partial charge on any atom is 0.404 e. The van der Waals surface area contributed by atoms with Crippen molar-refractivity contribution in [2.45, 2.75) is 19.0 Å². The van der Waals surface area contributed by atoms with E-state index in [2.05, 4.69) is 25.6 Å². The van der Waals surface area contributed by atoms with Crippen LogP contribution in [0.2, 0.25) is 0 Å². The number of alkyl halides is 3. The average Bonchev–Trinajstić information content (AvgIpc) is 3.48. The van der Waals surface area contributed by atoms with Crippen molar-refractivity contribution < 1.29 is 18.0 Å². The number of rotatable bonds is 5. The number of nitrogens with zero attached hydrogens (tertiary/aromatic N) is 6. The van der Waals surface area contributed by atoms with Gasteiger partial charge in [0.15, 0.2) is 17.6 Å². The molecule has 1 unspecified atom stereocenters. The number of carbonyl (C=O) groups is 1. The van der Waals surface area contributed by atoms with Gasteiger partial charge in [-0.3, -0.25) is 9.89 Å². The van der Waals surface area contributed by atoms with E-state index in [1.165, 1.54) is 29.2 Å². The first kappa shape index (κ1) is 22.7. The van der Waals surface area contributed by atoms with Crippen LogP contribution in [0.4, 0.5) is 30.8 Å². The van der Waals surface area contributed by atoms with Crippen LogP contribution < -0.4 is 10.2 Å². The van der Waals surface area contributed by atoms with E-state index in [0.29, 0.717) is 30.7 Å². The van der Waals surface area contributed by atoms with Crippen molar-refractivity contribution in [2.75, 3.05) is 36.4 Å². The molecule has 4 heterocycles. The van der Waals surface area contributed by atoms with Crippen LogP contribution in [0.5, 0.6) is 0 Å². The lowest BCUT2D eigenvalue weighted by Gasteiger charge is -2.36. The van der Waals surface area contributed by atoms with Crippen molar-refractivity contribution >= 4 is 29.0 Å². The summed E-state index contributed by atoms with van der Waals surface area (Å²) in [6.45, 7) is 2.76. The first-order chi connectivity index (χ1) is 16.8. The number of hydrogen-bond donors (Lipinski definition) is 2. The predicted molar refractivity (Wildman–Crippen MR) is 124 cm³/mol. The summed E-state index contributed by atoms with van der Waals surface area (Å²) in [5.41, 5.74) is 1.58. The first-order valence-electron chi connectivity index (χ1n) is 11.1. The standard InChI is InChI=1S/C23H23F3N8O/c1-15-14-18(30-29-15)27-20-17-8-5-9-34(17)31-22(28-20)33-12-10-32(11-13-33)21(35)19(23(24,25)26)16-6-3-2-4-7-16/h2-9,14,19H,10-13H2,1H3,(H2,27,28,29,30,31). The van der Waals surface area contributed by atoms with E-state index in [1.807, 2.05) is 30.0 Å². The fraction of sp³-hybridized carbons (Fsp3) is 0.304. The molecule has 5 rings (SSSR count). The van der Waals surface area contributed by atoms with Crippen molar-refractivity contribution in [1.82, 2.24) is 29.7 Å². The summed E-state index contributed by atoms with van der Waals surface area (Å²) in [4.78, 5) is 20.7. The first-order valence-corrected chi connectivity index (χ1v) is 11.1. The normalized spacial score (nSPS) is 15.4. The second-order valence-corrected chi connectivity index (χ2v) is 8.36. The van der Waals surface area contributed by atoms with Crippen LogP contribution in [-0.2, 0) is 4.79 Å². The molecule has 0 radical (unpaired) electrons. The molecule has 12 heteroatoms. The summed E-state index contributed by atoms with van der Waals surface area (Å²) >= 11 is 0. The maximum absolute atomic E-state index is 13.8. The molecule has 1 aromatic carbocycles. The molecule has 1 aliphatic rings. The van der Waals surface area contributed by atoms with Crippen LogP contribution in [0.25, 0.3) is 5.52 Å². The lowest BCUT2D eigenvalue weighted by Crippen LogP contribution is -2.52. The molecule has 1 fully saturated rings. The van der Waals surface area contributed by atoms with E-state index in [0.717, 1.165) is 11.2 Å². The Morgan fingerprint density at radius 1 is 1.09 bits per heavy atom. The van der Waals surface area contributed by atoms with E-state index in [1.54, 1.807) is 16.8 Å². The molecule has 9 nitrogen and oxygen atoms in total. The quantitative estimate of drug-likeness (QED) is 0.450. The number of hydrogen-bond acceptors (Lipinski definition) is 6. The van der Waals surface area contributed by atoms with Gasteiger partial charge in [-0.2, -0.15) is 23.3 Å². The van der Waals surface area contributed by atoms with E-state index in [9.17, 15) is 18.0 Å². The van der Waals surface area contributed by atoms with Gasteiger partial charge in [0.2, 0.25) is 11.9 Å². The number of halogens is 3. The van der Waals surface area contributed by atoms with Crippen molar-refractivity contribution in [2.24, 2.45) is 0 Å². The van der Waals surface area contributed by atoms with Crippen LogP contribution in [0.3, 0.4) is 0 Å². The molecule has 2 N–H and O–H groups in total. The minimum absolute atomic E-state index is 0.0573. The highest BCUT2D eigenvalue weighted by Crippen LogP contribution is 2.36. The number of H-pyrrole nitrogens is 1. The molecule has 0 aliphatic carbocycles. The minimum atomic E-state index is -4.68. The SMILES string of the molecule is Cc1cc(Nc2nc(N3CCN(C(=O)C(c4ccccc4)C(F)(F)F)CC3)nn3cccc23)n[nH]1. The molecule has 1 saturated heterocycles. The second kappa shape index (κ2) is 8.93. The molecule has 35 heavy (non-hydrogen) atoms. The summed E-state index contributed by atoms with van der Waals surface area (Å²) in [5.74, 6) is -1.57. The average molecular weight is 484 g/mol. The van der Waals surface area contributed by atoms with E-state index < -0.39 is 18.0 Å². The van der Waals surface area contributed by atoms with Crippen molar-refractivity contribution in [3.63, 3.8) is 0 Å². The van der Waals surface area contributed by atoms with Gasteiger partial charge < -0.3 is 15.1 Å². The van der Waals surface area contributed by atoms with Gasteiger partial charge in [0.05, 0.1) is 0 Å². The maximum atomic E-state index is 13.8. The van der Waals surface area contributed by atoms with Crippen molar-refractivity contribution in [1.29, 1.82) is 0 Å². The van der Waals surface area contributed by atoms with E-state index in [-0.39, 0.29) is 18.7 Å². The largest absolute Gasteiger partial charge is 0.404 e. The zero-order valence-electron chi connectivity index (χ0n) is 18.8. The highest BCUT2D eigenvalue weighted by Gasteiger charge is 2.47. The van der Waals surface area contributed by atoms with Gasteiger partial charge in [0.1, 0.15) is 5.52 Å². The van der Waals surface area contributed by atoms with Gasteiger partial charge >= 0.3 is 6.18 Å². The minimum Gasteiger partial charge on any atom is -0.338 e. The number of aromatic nitrogens is 5. The van der Waals surface area contributed by atoms with Gasteiger partial charge in [0.25, 0.3) is 0 Å². The highest BCUT2D eigenvalue weighted by atomic mass is 19.4. The number of aromatic amines is 1. The Hall–Kier alpha value is -4.09. The molecule has 0 bridgehead atoms. The van der Waals surface area contributed by atoms with Crippen LogP contribution in [0.15, 0.2) is 54.7 Å². The van der Waals surface area contributed by atoms with E-state index in [4.69, 9.17) is 0 Å². The number of aryl methyl sites for hydroxylation is 1. The van der Waals surface area contributed by atoms with Gasteiger partial charge in [-0.25, -0.2) is 4.52 Å². The molecule has 0 saturated carbocycles. The molecule has 182 valence electrons. The summed E-state index contributed by atoms with van der Waals surface area (Å²) in [6.07, 6.45) is -2.89. The molecule has 1 amide bonds. The number of benzene rings is 1. The topological polar surface area (TPSA) is 94.5 Å². The Balaban J connectivity index is 1.34. The Kier molecular flexibility index (Phi) is 5.79. The number of carbonyl (C=O) groups excluding carboxylic acids is 1. The Morgan fingerprint density at radius 3 is 2.49 bits per heavy atom.